The number of aliphatic hydroxyl groups excluding tert-OH is 2. The fraction of sp³-hybridized carbons (Fsp3) is 0.800. The predicted molar refractivity (Wildman–Crippen MR) is 50.2 cm³/mol. The van der Waals surface area contributed by atoms with Gasteiger partial charge >= 0.3 is 0 Å². The van der Waals surface area contributed by atoms with E-state index in [1.165, 1.54) is 0 Å². The average Bonchev–Trinajstić information content (AvgIpc) is 2.02. The van der Waals surface area contributed by atoms with Crippen molar-refractivity contribution in [1.82, 2.24) is 0 Å². The van der Waals surface area contributed by atoms with Gasteiger partial charge in [0.15, 0.2) is 0 Å². The van der Waals surface area contributed by atoms with Crippen molar-refractivity contribution in [3.63, 3.8) is 0 Å². The Bertz CT molecular complexity index is 203. The smallest absolute Gasteiger partial charge is 0.0776 e. The normalized spacial score (nSPS) is 30.1. The van der Waals surface area contributed by atoms with E-state index in [0.717, 1.165) is 6.42 Å². The highest BCUT2D eigenvalue weighted by molar-refractivity contribution is 5.13. The van der Waals surface area contributed by atoms with Gasteiger partial charge in [-0.2, -0.15) is 0 Å². The van der Waals surface area contributed by atoms with Gasteiger partial charge in [-0.15, -0.1) is 0 Å². The number of rotatable bonds is 2. The highest BCUT2D eigenvalue weighted by Gasteiger charge is 2.31. The van der Waals surface area contributed by atoms with Crippen LogP contribution in [0, 0.1) is 5.92 Å². The fourth-order valence-corrected chi connectivity index (χ4v) is 1.69. The van der Waals surface area contributed by atoms with Crippen molar-refractivity contribution in [1.29, 1.82) is 0 Å². The molecule has 1 aliphatic rings. The Morgan fingerprint density at radius 1 is 1.54 bits per heavy atom. The van der Waals surface area contributed by atoms with Crippen LogP contribution in [0.25, 0.3) is 0 Å². The van der Waals surface area contributed by atoms with Crippen molar-refractivity contribution >= 4 is 0 Å². The number of hydrogen-bond acceptors (Lipinski definition) is 3. The van der Waals surface area contributed by atoms with Crippen molar-refractivity contribution < 1.29 is 15.3 Å². The lowest BCUT2D eigenvalue weighted by atomic mass is 9.78. The second kappa shape index (κ2) is 3.78. The molecule has 0 aromatic carbocycles. The second-order valence-electron chi connectivity index (χ2n) is 4.27. The van der Waals surface area contributed by atoms with E-state index in [1.807, 2.05) is 6.08 Å². The van der Waals surface area contributed by atoms with E-state index in [9.17, 15) is 10.2 Å². The molecular formula is C10H18O3. The third kappa shape index (κ3) is 2.53. The van der Waals surface area contributed by atoms with Crippen LogP contribution in [0.15, 0.2) is 11.6 Å². The van der Waals surface area contributed by atoms with Crippen LogP contribution in [0.1, 0.15) is 26.7 Å². The minimum absolute atomic E-state index is 0.0813. The van der Waals surface area contributed by atoms with Gasteiger partial charge in [-0.05, 0) is 38.2 Å². The molecular weight excluding hydrogens is 168 g/mol. The van der Waals surface area contributed by atoms with Crippen LogP contribution in [0.3, 0.4) is 0 Å². The lowest BCUT2D eigenvalue weighted by molar-refractivity contribution is -0.00717. The quantitative estimate of drug-likeness (QED) is 0.549. The molecule has 76 valence electrons. The summed E-state index contributed by atoms with van der Waals surface area (Å²) in [5, 5.41) is 28.1. The van der Waals surface area contributed by atoms with Gasteiger partial charge in [0.2, 0.25) is 0 Å². The van der Waals surface area contributed by atoms with Gasteiger partial charge in [-0.25, -0.2) is 0 Å². The Balaban J connectivity index is 2.66. The zero-order chi connectivity index (χ0) is 10.1. The van der Waals surface area contributed by atoms with Gasteiger partial charge < -0.3 is 15.3 Å². The minimum Gasteiger partial charge on any atom is -0.392 e. The van der Waals surface area contributed by atoms with Gasteiger partial charge in [-0.3, -0.25) is 0 Å². The van der Waals surface area contributed by atoms with Crippen molar-refractivity contribution in [2.45, 2.75) is 38.4 Å². The zero-order valence-corrected chi connectivity index (χ0v) is 8.20. The van der Waals surface area contributed by atoms with Crippen LogP contribution in [-0.2, 0) is 0 Å². The van der Waals surface area contributed by atoms with Crippen molar-refractivity contribution in [3.8, 4) is 0 Å². The Kier molecular flexibility index (Phi) is 3.11. The van der Waals surface area contributed by atoms with Gasteiger partial charge in [0, 0.05) is 0 Å². The summed E-state index contributed by atoms with van der Waals surface area (Å²) in [5.41, 5.74) is -0.0705. The number of allylic oxidation sites excluding steroid dienone is 1. The highest BCUT2D eigenvalue weighted by atomic mass is 16.3. The van der Waals surface area contributed by atoms with E-state index in [2.05, 4.69) is 0 Å². The maximum absolute atomic E-state index is 9.72. The zero-order valence-electron chi connectivity index (χ0n) is 8.20. The Morgan fingerprint density at radius 3 is 2.54 bits per heavy atom. The maximum Gasteiger partial charge on any atom is 0.0776 e. The van der Waals surface area contributed by atoms with Crippen LogP contribution in [-0.4, -0.2) is 33.6 Å². The molecule has 3 heteroatoms. The Labute approximate surface area is 78.7 Å². The molecule has 2 unspecified atom stereocenters. The molecule has 3 nitrogen and oxygen atoms in total. The second-order valence-corrected chi connectivity index (χ2v) is 4.27. The van der Waals surface area contributed by atoms with Crippen LogP contribution >= 0.6 is 0 Å². The van der Waals surface area contributed by atoms with Gasteiger partial charge in [0.1, 0.15) is 0 Å². The van der Waals surface area contributed by atoms with Crippen LogP contribution in [0.5, 0.6) is 0 Å². The standard InChI is InChI=1S/C10H18O3/c1-10(2,13)8-4-3-7(6-11)9(12)5-8/h3,8-9,11-13H,4-6H2,1-2H3. The third-order valence-electron chi connectivity index (χ3n) is 2.78. The molecule has 0 spiro atoms. The van der Waals surface area contributed by atoms with Crippen LogP contribution in [0.4, 0.5) is 0 Å². The van der Waals surface area contributed by atoms with Gasteiger partial charge in [0.25, 0.3) is 0 Å². The molecule has 1 aliphatic carbocycles. The topological polar surface area (TPSA) is 60.7 Å². The van der Waals surface area contributed by atoms with Crippen molar-refractivity contribution in [2.24, 2.45) is 5.92 Å². The van der Waals surface area contributed by atoms with E-state index in [4.69, 9.17) is 5.11 Å². The summed E-state index contributed by atoms with van der Waals surface area (Å²) in [4.78, 5) is 0. The first-order chi connectivity index (χ1) is 5.95. The summed E-state index contributed by atoms with van der Waals surface area (Å²) >= 11 is 0. The molecule has 0 bridgehead atoms. The van der Waals surface area contributed by atoms with Crippen LogP contribution in [0.2, 0.25) is 0 Å². The van der Waals surface area contributed by atoms with E-state index >= 15 is 0 Å². The molecule has 0 aliphatic heterocycles. The number of aliphatic hydroxyl groups is 3. The van der Waals surface area contributed by atoms with E-state index < -0.39 is 11.7 Å². The Morgan fingerprint density at radius 2 is 2.15 bits per heavy atom. The molecule has 0 aromatic heterocycles. The summed E-state index contributed by atoms with van der Waals surface area (Å²) in [6.07, 6.45) is 2.51. The molecule has 0 saturated carbocycles. The van der Waals surface area contributed by atoms with Crippen molar-refractivity contribution in [3.05, 3.63) is 11.6 Å². The molecule has 0 heterocycles. The summed E-state index contributed by atoms with van der Waals surface area (Å²) in [6, 6.07) is 0. The van der Waals surface area contributed by atoms with E-state index in [1.54, 1.807) is 13.8 Å². The predicted octanol–water partition coefficient (Wildman–Crippen LogP) is 0.447. The minimum atomic E-state index is -0.752. The first-order valence-corrected chi connectivity index (χ1v) is 4.65. The maximum atomic E-state index is 9.72. The summed E-state index contributed by atoms with van der Waals surface area (Å²) in [5.74, 6) is 0.0813. The van der Waals surface area contributed by atoms with Gasteiger partial charge in [0.05, 0.1) is 18.3 Å². The van der Waals surface area contributed by atoms with Crippen molar-refractivity contribution in [2.75, 3.05) is 6.61 Å². The molecule has 0 saturated heterocycles. The average molecular weight is 186 g/mol. The van der Waals surface area contributed by atoms with Gasteiger partial charge in [-0.1, -0.05) is 6.08 Å². The van der Waals surface area contributed by atoms with E-state index in [0.29, 0.717) is 12.0 Å². The molecule has 0 radical (unpaired) electrons. The Hall–Kier alpha value is -0.380. The fourth-order valence-electron chi connectivity index (χ4n) is 1.69. The molecule has 3 N–H and O–H groups in total. The summed E-state index contributed by atoms with van der Waals surface area (Å²) in [6.45, 7) is 3.42. The lowest BCUT2D eigenvalue weighted by Gasteiger charge is -2.34. The molecule has 2 atom stereocenters. The summed E-state index contributed by atoms with van der Waals surface area (Å²) < 4.78 is 0. The summed E-state index contributed by atoms with van der Waals surface area (Å²) in [7, 11) is 0. The monoisotopic (exact) mass is 186 g/mol. The first-order valence-electron chi connectivity index (χ1n) is 4.65. The largest absolute Gasteiger partial charge is 0.392 e. The highest BCUT2D eigenvalue weighted by Crippen LogP contribution is 2.31. The molecule has 1 rings (SSSR count). The lowest BCUT2D eigenvalue weighted by Crippen LogP contribution is -2.36. The number of hydrogen-bond donors (Lipinski definition) is 3. The van der Waals surface area contributed by atoms with Crippen LogP contribution < -0.4 is 0 Å². The molecule has 0 fully saturated rings. The first kappa shape index (κ1) is 10.7. The molecule has 0 aromatic rings. The molecule has 13 heavy (non-hydrogen) atoms. The SMILES string of the molecule is CC(C)(O)C1CC=C(CO)C(O)C1. The molecule has 0 amide bonds. The third-order valence-corrected chi connectivity index (χ3v) is 2.78. The van der Waals surface area contributed by atoms with E-state index in [-0.39, 0.29) is 12.5 Å².